The minimum atomic E-state index is -0.222. The van der Waals surface area contributed by atoms with Gasteiger partial charge in [-0.25, -0.2) is 4.39 Å². The molecule has 0 saturated carbocycles. The van der Waals surface area contributed by atoms with Crippen LogP contribution in [0.1, 0.15) is 32.3 Å². The second-order valence-corrected chi connectivity index (χ2v) is 4.53. The molecule has 1 aliphatic rings. The molecule has 0 spiro atoms. The number of carbonyl (C=O) groups excluding carboxylic acids is 1. The van der Waals surface area contributed by atoms with Gasteiger partial charge in [-0.1, -0.05) is 13.8 Å². The van der Waals surface area contributed by atoms with Crippen LogP contribution >= 0.6 is 0 Å². The molecule has 0 bridgehead atoms. The van der Waals surface area contributed by atoms with Crippen LogP contribution in [0.5, 0.6) is 0 Å². The van der Waals surface area contributed by atoms with E-state index < -0.39 is 0 Å². The number of anilines is 1. The quantitative estimate of drug-likeness (QED) is 0.788. The zero-order chi connectivity index (χ0) is 12.4. The number of hydrogen-bond donors (Lipinski definition) is 0. The summed E-state index contributed by atoms with van der Waals surface area (Å²) in [6, 6.07) is 4.69. The van der Waals surface area contributed by atoms with Crippen molar-refractivity contribution in [3.63, 3.8) is 0 Å². The van der Waals surface area contributed by atoms with Crippen molar-refractivity contribution in [3.8, 4) is 0 Å². The van der Waals surface area contributed by atoms with E-state index in [1.807, 2.05) is 18.7 Å². The van der Waals surface area contributed by atoms with E-state index >= 15 is 0 Å². The van der Waals surface area contributed by atoms with Crippen LogP contribution in [0.25, 0.3) is 0 Å². The van der Waals surface area contributed by atoms with Gasteiger partial charge in [0.1, 0.15) is 5.82 Å². The highest BCUT2D eigenvalue weighted by atomic mass is 19.1. The Bertz CT molecular complexity index is 426. The topological polar surface area (TPSA) is 20.3 Å². The molecule has 0 aliphatic carbocycles. The predicted molar refractivity (Wildman–Crippen MR) is 66.5 cm³/mol. The maximum absolute atomic E-state index is 13.1. The molecule has 2 nitrogen and oxygen atoms in total. The standard InChI is InChI=1S/C14H18FNO/c1-3-10(4-2)14(17)16-8-7-11-9-12(15)5-6-13(11)16/h5-6,9-10H,3-4,7-8H2,1-2H3. The zero-order valence-corrected chi connectivity index (χ0v) is 10.4. The molecule has 1 heterocycles. The van der Waals surface area contributed by atoms with Crippen molar-refractivity contribution < 1.29 is 9.18 Å². The van der Waals surface area contributed by atoms with Crippen molar-refractivity contribution in [1.82, 2.24) is 0 Å². The van der Waals surface area contributed by atoms with E-state index in [4.69, 9.17) is 0 Å². The molecule has 0 N–H and O–H groups in total. The first-order valence-electron chi connectivity index (χ1n) is 6.27. The van der Waals surface area contributed by atoms with Crippen LogP contribution in [0.15, 0.2) is 18.2 Å². The maximum atomic E-state index is 13.1. The van der Waals surface area contributed by atoms with Gasteiger partial charge in [0, 0.05) is 18.2 Å². The lowest BCUT2D eigenvalue weighted by Gasteiger charge is -2.22. The molecule has 17 heavy (non-hydrogen) atoms. The molecule has 3 heteroatoms. The van der Waals surface area contributed by atoms with Gasteiger partial charge in [-0.15, -0.1) is 0 Å². The fourth-order valence-electron chi connectivity index (χ4n) is 2.46. The van der Waals surface area contributed by atoms with Gasteiger partial charge in [0.05, 0.1) is 0 Å². The Kier molecular flexibility index (Phi) is 3.46. The maximum Gasteiger partial charge on any atom is 0.230 e. The van der Waals surface area contributed by atoms with Crippen molar-refractivity contribution in [2.75, 3.05) is 11.4 Å². The first kappa shape index (κ1) is 12.1. The number of halogens is 1. The van der Waals surface area contributed by atoms with Crippen molar-refractivity contribution in [2.45, 2.75) is 33.1 Å². The van der Waals surface area contributed by atoms with Crippen molar-refractivity contribution in [3.05, 3.63) is 29.6 Å². The van der Waals surface area contributed by atoms with Crippen LogP contribution in [-0.4, -0.2) is 12.5 Å². The average Bonchev–Trinajstić information content (AvgIpc) is 2.73. The highest BCUT2D eigenvalue weighted by molar-refractivity contribution is 5.96. The highest BCUT2D eigenvalue weighted by Gasteiger charge is 2.28. The SMILES string of the molecule is CCC(CC)C(=O)N1CCc2cc(F)ccc21. The highest BCUT2D eigenvalue weighted by Crippen LogP contribution is 2.30. The number of rotatable bonds is 3. The molecule has 0 aromatic heterocycles. The second kappa shape index (κ2) is 4.86. The fourth-order valence-corrected chi connectivity index (χ4v) is 2.46. The minimum Gasteiger partial charge on any atom is -0.312 e. The summed E-state index contributed by atoms with van der Waals surface area (Å²) in [5.41, 5.74) is 1.84. The molecule has 0 radical (unpaired) electrons. The number of carbonyl (C=O) groups is 1. The Labute approximate surface area is 101 Å². The van der Waals surface area contributed by atoms with E-state index in [1.54, 1.807) is 6.07 Å². The lowest BCUT2D eigenvalue weighted by Crippen LogP contribution is -2.34. The first-order chi connectivity index (χ1) is 8.17. The lowest BCUT2D eigenvalue weighted by atomic mass is 10.0. The Morgan fingerprint density at radius 3 is 2.76 bits per heavy atom. The summed E-state index contributed by atoms with van der Waals surface area (Å²) in [6.45, 7) is 4.76. The molecule has 0 unspecified atom stereocenters. The minimum absolute atomic E-state index is 0.0889. The van der Waals surface area contributed by atoms with Crippen LogP contribution in [-0.2, 0) is 11.2 Å². The molecule has 2 rings (SSSR count). The predicted octanol–water partition coefficient (Wildman–Crippen LogP) is 3.15. The van der Waals surface area contributed by atoms with E-state index in [1.165, 1.54) is 12.1 Å². The summed E-state index contributed by atoms with van der Waals surface area (Å²) >= 11 is 0. The summed E-state index contributed by atoms with van der Waals surface area (Å²) in [5.74, 6) is 0.0481. The average molecular weight is 235 g/mol. The monoisotopic (exact) mass is 235 g/mol. The van der Waals surface area contributed by atoms with Gasteiger partial charge >= 0.3 is 0 Å². The summed E-state index contributed by atoms with van der Waals surface area (Å²) < 4.78 is 13.1. The molecule has 1 aromatic carbocycles. The molecule has 1 aromatic rings. The van der Waals surface area contributed by atoms with Gasteiger partial charge in [-0.05, 0) is 43.0 Å². The molecule has 1 amide bonds. The lowest BCUT2D eigenvalue weighted by molar-refractivity contribution is -0.122. The second-order valence-electron chi connectivity index (χ2n) is 4.53. The van der Waals surface area contributed by atoms with Crippen LogP contribution in [0.4, 0.5) is 10.1 Å². The number of hydrogen-bond acceptors (Lipinski definition) is 1. The molecular formula is C14H18FNO. The third-order valence-electron chi connectivity index (χ3n) is 3.54. The summed E-state index contributed by atoms with van der Waals surface area (Å²) in [4.78, 5) is 14.1. The van der Waals surface area contributed by atoms with E-state index in [-0.39, 0.29) is 17.6 Å². The molecule has 1 aliphatic heterocycles. The van der Waals surface area contributed by atoms with Crippen LogP contribution in [0.2, 0.25) is 0 Å². The number of benzene rings is 1. The molecule has 92 valence electrons. The van der Waals surface area contributed by atoms with Crippen LogP contribution < -0.4 is 4.90 Å². The first-order valence-corrected chi connectivity index (χ1v) is 6.27. The Morgan fingerprint density at radius 2 is 2.12 bits per heavy atom. The van der Waals surface area contributed by atoms with E-state index in [0.717, 1.165) is 30.5 Å². The molecule has 0 saturated heterocycles. The summed E-state index contributed by atoms with van der Waals surface area (Å²) in [5, 5.41) is 0. The van der Waals surface area contributed by atoms with Gasteiger partial charge in [0.2, 0.25) is 5.91 Å². The number of fused-ring (bicyclic) bond motifs is 1. The van der Waals surface area contributed by atoms with Gasteiger partial charge in [0.15, 0.2) is 0 Å². The van der Waals surface area contributed by atoms with Gasteiger partial charge in [-0.2, -0.15) is 0 Å². The number of nitrogens with zero attached hydrogens (tertiary/aromatic N) is 1. The molecular weight excluding hydrogens is 217 g/mol. The third-order valence-corrected chi connectivity index (χ3v) is 3.54. The zero-order valence-electron chi connectivity index (χ0n) is 10.4. The largest absolute Gasteiger partial charge is 0.312 e. The normalized spacial score (nSPS) is 14.2. The van der Waals surface area contributed by atoms with Gasteiger partial charge < -0.3 is 4.90 Å². The molecule has 0 atom stereocenters. The van der Waals surface area contributed by atoms with Crippen molar-refractivity contribution in [2.24, 2.45) is 5.92 Å². The third kappa shape index (κ3) is 2.19. The Hall–Kier alpha value is -1.38. The van der Waals surface area contributed by atoms with E-state index in [0.29, 0.717) is 6.54 Å². The van der Waals surface area contributed by atoms with Crippen molar-refractivity contribution in [1.29, 1.82) is 0 Å². The Balaban J connectivity index is 2.24. The van der Waals surface area contributed by atoms with E-state index in [2.05, 4.69) is 0 Å². The van der Waals surface area contributed by atoms with Gasteiger partial charge in [0.25, 0.3) is 0 Å². The fraction of sp³-hybridized carbons (Fsp3) is 0.500. The van der Waals surface area contributed by atoms with Crippen molar-refractivity contribution >= 4 is 11.6 Å². The Morgan fingerprint density at radius 1 is 1.41 bits per heavy atom. The number of amides is 1. The van der Waals surface area contributed by atoms with E-state index in [9.17, 15) is 9.18 Å². The summed E-state index contributed by atoms with van der Waals surface area (Å²) in [7, 11) is 0. The smallest absolute Gasteiger partial charge is 0.230 e. The van der Waals surface area contributed by atoms with Gasteiger partial charge in [-0.3, -0.25) is 4.79 Å². The molecule has 0 fully saturated rings. The van der Waals surface area contributed by atoms with Crippen LogP contribution in [0, 0.1) is 11.7 Å². The van der Waals surface area contributed by atoms with Crippen LogP contribution in [0.3, 0.4) is 0 Å². The summed E-state index contributed by atoms with van der Waals surface area (Å²) in [6.07, 6.45) is 2.49.